The van der Waals surface area contributed by atoms with Crippen LogP contribution in [0, 0.1) is 0 Å². The second kappa shape index (κ2) is 5.82. The lowest BCUT2D eigenvalue weighted by atomic mass is 10.1. The summed E-state index contributed by atoms with van der Waals surface area (Å²) in [6.07, 6.45) is -4.54. The van der Waals surface area contributed by atoms with E-state index < -0.39 is 17.3 Å². The zero-order valence-corrected chi connectivity index (χ0v) is 12.6. The van der Waals surface area contributed by atoms with Gasteiger partial charge in [-0.25, -0.2) is 0 Å². The van der Waals surface area contributed by atoms with Crippen LogP contribution in [0.4, 0.5) is 13.2 Å². The predicted molar refractivity (Wildman–Crippen MR) is 75.5 cm³/mol. The van der Waals surface area contributed by atoms with Crippen molar-refractivity contribution in [3.8, 4) is 16.3 Å². The van der Waals surface area contributed by atoms with Crippen LogP contribution in [0.2, 0.25) is 0 Å². The fourth-order valence-electron chi connectivity index (χ4n) is 1.70. The van der Waals surface area contributed by atoms with Crippen molar-refractivity contribution in [2.75, 3.05) is 13.7 Å². The molecule has 22 heavy (non-hydrogen) atoms. The number of methoxy groups -OCH3 is 1. The highest BCUT2D eigenvalue weighted by molar-refractivity contribution is 7.14. The molecule has 1 aromatic carbocycles. The number of benzene rings is 1. The molecule has 1 atom stereocenters. The quantitative estimate of drug-likeness (QED) is 0.898. The first kappa shape index (κ1) is 16.7. The molecule has 0 unspecified atom stereocenters. The summed E-state index contributed by atoms with van der Waals surface area (Å²) < 4.78 is 43.8. The van der Waals surface area contributed by atoms with E-state index in [9.17, 15) is 18.3 Å². The molecule has 0 aliphatic heterocycles. The van der Waals surface area contributed by atoms with E-state index in [1.165, 1.54) is 19.2 Å². The van der Waals surface area contributed by atoms with Gasteiger partial charge in [0.15, 0.2) is 0 Å². The largest absolute Gasteiger partial charge is 0.496 e. The summed E-state index contributed by atoms with van der Waals surface area (Å²) in [5.41, 5.74) is 4.11. The number of aliphatic hydroxyl groups is 1. The number of aliphatic hydroxyl groups excluding tert-OH is 1. The van der Waals surface area contributed by atoms with Crippen LogP contribution in [0.15, 0.2) is 18.2 Å². The van der Waals surface area contributed by atoms with E-state index in [1.807, 2.05) is 0 Å². The first-order valence-electron chi connectivity index (χ1n) is 6.18. The molecule has 120 valence electrons. The number of hydrogen-bond donors (Lipinski definition) is 2. The van der Waals surface area contributed by atoms with Gasteiger partial charge in [-0.1, -0.05) is 11.3 Å². The molecule has 0 saturated carbocycles. The standard InChI is InChI=1S/C13H14F3N3O2S/c1-12(17,6-20)11-19-18-10(22-11)7-3-4-9(21-2)8(5-7)13(14,15)16/h3-5,20H,6,17H2,1-2H3/t12-/m0/s1. The molecule has 0 saturated heterocycles. The predicted octanol–water partition coefficient (Wildman–Crippen LogP) is 2.40. The number of halogens is 3. The normalized spacial score (nSPS) is 14.7. The van der Waals surface area contributed by atoms with E-state index >= 15 is 0 Å². The first-order valence-corrected chi connectivity index (χ1v) is 7.00. The molecule has 0 spiro atoms. The molecule has 2 aromatic rings. The van der Waals surface area contributed by atoms with Gasteiger partial charge < -0.3 is 15.6 Å². The molecule has 9 heteroatoms. The van der Waals surface area contributed by atoms with E-state index in [1.54, 1.807) is 6.92 Å². The van der Waals surface area contributed by atoms with Crippen molar-refractivity contribution in [3.05, 3.63) is 28.8 Å². The van der Waals surface area contributed by atoms with E-state index in [2.05, 4.69) is 10.2 Å². The van der Waals surface area contributed by atoms with Gasteiger partial charge in [0.1, 0.15) is 15.8 Å². The Bertz CT molecular complexity index is 671. The number of nitrogens with two attached hydrogens (primary N) is 1. The van der Waals surface area contributed by atoms with Crippen molar-refractivity contribution < 1.29 is 23.0 Å². The van der Waals surface area contributed by atoms with E-state index in [0.29, 0.717) is 5.01 Å². The van der Waals surface area contributed by atoms with Crippen LogP contribution in [0.5, 0.6) is 5.75 Å². The summed E-state index contributed by atoms with van der Waals surface area (Å²) >= 11 is 1.03. The third-order valence-electron chi connectivity index (χ3n) is 2.99. The smallest absolute Gasteiger partial charge is 0.419 e. The molecule has 1 heterocycles. The van der Waals surface area contributed by atoms with Gasteiger partial charge in [-0.3, -0.25) is 0 Å². The van der Waals surface area contributed by atoms with Gasteiger partial charge in [-0.15, -0.1) is 10.2 Å². The summed E-state index contributed by atoms with van der Waals surface area (Å²) in [4.78, 5) is 0. The minimum absolute atomic E-state index is 0.255. The Morgan fingerprint density at radius 1 is 1.32 bits per heavy atom. The molecule has 3 N–H and O–H groups in total. The molecule has 0 aliphatic carbocycles. The molecular weight excluding hydrogens is 319 g/mol. The average Bonchev–Trinajstić information content (AvgIpc) is 2.96. The highest BCUT2D eigenvalue weighted by atomic mass is 32.1. The van der Waals surface area contributed by atoms with Crippen molar-refractivity contribution >= 4 is 11.3 Å². The zero-order valence-electron chi connectivity index (χ0n) is 11.8. The molecular formula is C13H14F3N3O2S. The number of nitrogens with zero attached hydrogens (tertiary/aromatic N) is 2. The average molecular weight is 333 g/mol. The van der Waals surface area contributed by atoms with Crippen molar-refractivity contribution in [3.63, 3.8) is 0 Å². The second-order valence-corrected chi connectivity index (χ2v) is 5.88. The maximum atomic E-state index is 13.0. The molecule has 0 aliphatic rings. The highest BCUT2D eigenvalue weighted by Gasteiger charge is 2.35. The minimum Gasteiger partial charge on any atom is -0.496 e. The van der Waals surface area contributed by atoms with Crippen molar-refractivity contribution in [2.45, 2.75) is 18.6 Å². The first-order chi connectivity index (χ1) is 10.2. The van der Waals surface area contributed by atoms with Crippen LogP contribution < -0.4 is 10.5 Å². The topological polar surface area (TPSA) is 81.3 Å². The molecule has 2 rings (SSSR count). The molecule has 0 radical (unpaired) electrons. The molecule has 0 fully saturated rings. The fraction of sp³-hybridized carbons (Fsp3) is 0.385. The van der Waals surface area contributed by atoms with Crippen molar-refractivity contribution in [2.24, 2.45) is 5.73 Å². The van der Waals surface area contributed by atoms with Crippen molar-refractivity contribution in [1.29, 1.82) is 0 Å². The SMILES string of the molecule is COc1ccc(-c2nnc([C@@](C)(N)CO)s2)cc1C(F)(F)F. The van der Waals surface area contributed by atoms with Crippen LogP contribution in [0.3, 0.4) is 0 Å². The third kappa shape index (κ3) is 3.21. The van der Waals surface area contributed by atoms with Crippen LogP contribution in [-0.2, 0) is 11.7 Å². The Hall–Kier alpha value is -1.71. The molecule has 0 bridgehead atoms. The van der Waals surface area contributed by atoms with Gasteiger partial charge in [-0.2, -0.15) is 13.2 Å². The maximum absolute atomic E-state index is 13.0. The molecule has 1 aromatic heterocycles. The zero-order chi connectivity index (χ0) is 16.5. The van der Waals surface area contributed by atoms with Gasteiger partial charge in [-0.05, 0) is 25.1 Å². The second-order valence-electron chi connectivity index (χ2n) is 4.90. The number of ether oxygens (including phenoxy) is 1. The Kier molecular flexibility index (Phi) is 4.41. The Morgan fingerprint density at radius 2 is 2.00 bits per heavy atom. The van der Waals surface area contributed by atoms with E-state index in [4.69, 9.17) is 10.5 Å². The monoisotopic (exact) mass is 333 g/mol. The van der Waals surface area contributed by atoms with Crippen LogP contribution in [-0.4, -0.2) is 29.0 Å². The number of aromatic nitrogens is 2. The fourth-order valence-corrected chi connectivity index (χ4v) is 2.59. The third-order valence-corrected chi connectivity index (χ3v) is 4.25. The Morgan fingerprint density at radius 3 is 2.55 bits per heavy atom. The lowest BCUT2D eigenvalue weighted by molar-refractivity contribution is -0.138. The van der Waals surface area contributed by atoms with Crippen LogP contribution in [0.25, 0.3) is 10.6 Å². The summed E-state index contributed by atoms with van der Waals surface area (Å²) in [5, 5.41) is 17.5. The summed E-state index contributed by atoms with van der Waals surface area (Å²) in [6, 6.07) is 3.65. The summed E-state index contributed by atoms with van der Waals surface area (Å²) in [5.74, 6) is -0.264. The van der Waals surface area contributed by atoms with Crippen molar-refractivity contribution in [1.82, 2.24) is 10.2 Å². The highest BCUT2D eigenvalue weighted by Crippen LogP contribution is 2.39. The Labute approximate surface area is 128 Å². The maximum Gasteiger partial charge on any atom is 0.419 e. The minimum atomic E-state index is -4.54. The molecule has 0 amide bonds. The van der Waals surface area contributed by atoms with Gasteiger partial charge in [0.2, 0.25) is 0 Å². The lowest BCUT2D eigenvalue weighted by Crippen LogP contribution is -2.36. The lowest BCUT2D eigenvalue weighted by Gasteiger charge is -2.16. The van der Waals surface area contributed by atoms with Crippen LogP contribution >= 0.6 is 11.3 Å². The van der Waals surface area contributed by atoms with Gasteiger partial charge in [0, 0.05) is 5.56 Å². The molecule has 5 nitrogen and oxygen atoms in total. The van der Waals surface area contributed by atoms with E-state index in [-0.39, 0.29) is 22.9 Å². The van der Waals surface area contributed by atoms with Gasteiger partial charge in [0.05, 0.1) is 24.8 Å². The van der Waals surface area contributed by atoms with Gasteiger partial charge in [0.25, 0.3) is 0 Å². The number of rotatable bonds is 4. The summed E-state index contributed by atoms with van der Waals surface area (Å²) in [6.45, 7) is 1.21. The van der Waals surface area contributed by atoms with Crippen LogP contribution in [0.1, 0.15) is 17.5 Å². The summed E-state index contributed by atoms with van der Waals surface area (Å²) in [7, 11) is 1.18. The number of hydrogen-bond acceptors (Lipinski definition) is 6. The van der Waals surface area contributed by atoms with Gasteiger partial charge >= 0.3 is 6.18 Å². The number of alkyl halides is 3. The Balaban J connectivity index is 2.46. The van der Waals surface area contributed by atoms with E-state index in [0.717, 1.165) is 17.4 Å².